The van der Waals surface area contributed by atoms with E-state index in [9.17, 15) is 0 Å². The fraction of sp³-hybridized carbons (Fsp3) is 0.846. The highest BCUT2D eigenvalue weighted by Gasteiger charge is 2.15. The molecule has 15 heavy (non-hydrogen) atoms. The molecule has 0 rings (SSSR count). The minimum atomic E-state index is 0.0327. The SMILES string of the molecule is COC(C)(C)CCCC(C)/C=C/N(C)C. The van der Waals surface area contributed by atoms with Crippen LogP contribution in [0.4, 0.5) is 0 Å². The van der Waals surface area contributed by atoms with Gasteiger partial charge in [-0.05, 0) is 38.8 Å². The second kappa shape index (κ2) is 6.89. The zero-order chi connectivity index (χ0) is 11.9. The number of hydrogen-bond acceptors (Lipinski definition) is 2. The highest BCUT2D eigenvalue weighted by Crippen LogP contribution is 2.19. The molecule has 0 aromatic carbocycles. The van der Waals surface area contributed by atoms with E-state index in [1.807, 2.05) is 0 Å². The first-order valence-corrected chi connectivity index (χ1v) is 5.77. The van der Waals surface area contributed by atoms with Gasteiger partial charge in [-0.15, -0.1) is 0 Å². The molecule has 0 fully saturated rings. The maximum absolute atomic E-state index is 5.39. The van der Waals surface area contributed by atoms with E-state index in [1.165, 1.54) is 12.8 Å². The van der Waals surface area contributed by atoms with E-state index in [0.29, 0.717) is 5.92 Å². The van der Waals surface area contributed by atoms with Crippen LogP contribution in [0.15, 0.2) is 12.3 Å². The lowest BCUT2D eigenvalue weighted by atomic mass is 9.96. The van der Waals surface area contributed by atoms with E-state index < -0.39 is 0 Å². The summed E-state index contributed by atoms with van der Waals surface area (Å²) in [4.78, 5) is 2.08. The molecule has 0 spiro atoms. The molecular formula is C13H27NO. The quantitative estimate of drug-likeness (QED) is 0.643. The minimum absolute atomic E-state index is 0.0327. The molecular weight excluding hydrogens is 186 g/mol. The lowest BCUT2D eigenvalue weighted by Crippen LogP contribution is -2.22. The fourth-order valence-corrected chi connectivity index (χ4v) is 1.37. The van der Waals surface area contributed by atoms with Crippen LogP contribution in [0.3, 0.4) is 0 Å². The van der Waals surface area contributed by atoms with Crippen molar-refractivity contribution in [3.63, 3.8) is 0 Å². The zero-order valence-electron chi connectivity index (χ0n) is 11.2. The third-order valence-electron chi connectivity index (χ3n) is 2.70. The summed E-state index contributed by atoms with van der Waals surface area (Å²) >= 11 is 0. The molecule has 0 heterocycles. The van der Waals surface area contributed by atoms with E-state index >= 15 is 0 Å². The number of allylic oxidation sites excluding steroid dienone is 1. The second-order valence-corrected chi connectivity index (χ2v) is 5.14. The summed E-state index contributed by atoms with van der Waals surface area (Å²) in [5.74, 6) is 0.653. The lowest BCUT2D eigenvalue weighted by Gasteiger charge is -2.23. The van der Waals surface area contributed by atoms with Crippen LogP contribution in [0.1, 0.15) is 40.0 Å². The van der Waals surface area contributed by atoms with Crippen molar-refractivity contribution in [1.29, 1.82) is 0 Å². The highest BCUT2D eigenvalue weighted by molar-refractivity contribution is 4.84. The predicted octanol–water partition coefficient (Wildman–Crippen LogP) is 3.29. The van der Waals surface area contributed by atoms with Crippen molar-refractivity contribution in [2.75, 3.05) is 21.2 Å². The molecule has 0 N–H and O–H groups in total. The molecule has 0 aromatic rings. The van der Waals surface area contributed by atoms with E-state index in [-0.39, 0.29) is 5.60 Å². The van der Waals surface area contributed by atoms with Gasteiger partial charge in [-0.1, -0.05) is 19.4 Å². The standard InChI is InChI=1S/C13H27NO/c1-12(9-11-14(4)5)8-7-10-13(2,3)15-6/h9,11-12H,7-8,10H2,1-6H3/b11-9+. The van der Waals surface area contributed by atoms with Crippen LogP contribution in [0.5, 0.6) is 0 Å². The molecule has 0 aliphatic rings. The normalized spacial score (nSPS) is 14.5. The van der Waals surface area contributed by atoms with Gasteiger partial charge in [0.25, 0.3) is 0 Å². The largest absolute Gasteiger partial charge is 0.384 e. The molecule has 1 unspecified atom stereocenters. The summed E-state index contributed by atoms with van der Waals surface area (Å²) in [6.45, 7) is 6.56. The Bertz CT molecular complexity index is 185. The van der Waals surface area contributed by atoms with Crippen molar-refractivity contribution < 1.29 is 4.74 Å². The first-order chi connectivity index (χ1) is 6.87. The van der Waals surface area contributed by atoms with Gasteiger partial charge in [-0.25, -0.2) is 0 Å². The van der Waals surface area contributed by atoms with Crippen molar-refractivity contribution in [3.05, 3.63) is 12.3 Å². The fourth-order valence-electron chi connectivity index (χ4n) is 1.37. The topological polar surface area (TPSA) is 12.5 Å². The Morgan fingerprint density at radius 1 is 1.33 bits per heavy atom. The monoisotopic (exact) mass is 213 g/mol. The third kappa shape index (κ3) is 8.49. The van der Waals surface area contributed by atoms with Crippen LogP contribution in [0.2, 0.25) is 0 Å². The summed E-state index contributed by atoms with van der Waals surface area (Å²) in [6, 6.07) is 0. The van der Waals surface area contributed by atoms with Crippen molar-refractivity contribution in [2.24, 2.45) is 5.92 Å². The molecule has 0 aromatic heterocycles. The minimum Gasteiger partial charge on any atom is -0.384 e. The summed E-state index contributed by atoms with van der Waals surface area (Å²) in [7, 11) is 5.89. The molecule has 0 aliphatic heterocycles. The maximum Gasteiger partial charge on any atom is 0.0622 e. The van der Waals surface area contributed by atoms with Gasteiger partial charge in [0.05, 0.1) is 5.60 Å². The van der Waals surface area contributed by atoms with Gasteiger partial charge in [0.15, 0.2) is 0 Å². The van der Waals surface area contributed by atoms with Gasteiger partial charge in [-0.2, -0.15) is 0 Å². The number of methoxy groups -OCH3 is 1. The van der Waals surface area contributed by atoms with Crippen molar-refractivity contribution in [2.45, 2.75) is 45.6 Å². The molecule has 0 amide bonds. The first kappa shape index (κ1) is 14.5. The van der Waals surface area contributed by atoms with E-state index in [1.54, 1.807) is 7.11 Å². The van der Waals surface area contributed by atoms with Crippen molar-refractivity contribution in [3.8, 4) is 0 Å². The van der Waals surface area contributed by atoms with Crippen LogP contribution in [-0.2, 0) is 4.74 Å². The van der Waals surface area contributed by atoms with Crippen LogP contribution >= 0.6 is 0 Å². The maximum atomic E-state index is 5.39. The van der Waals surface area contributed by atoms with Crippen LogP contribution in [0, 0.1) is 5.92 Å². The average Bonchev–Trinajstić information content (AvgIpc) is 2.14. The molecule has 0 bridgehead atoms. The highest BCUT2D eigenvalue weighted by atomic mass is 16.5. The van der Waals surface area contributed by atoms with E-state index in [4.69, 9.17) is 4.74 Å². The van der Waals surface area contributed by atoms with Gasteiger partial charge in [0.2, 0.25) is 0 Å². The van der Waals surface area contributed by atoms with Gasteiger partial charge in [0, 0.05) is 21.2 Å². The Balaban J connectivity index is 3.68. The van der Waals surface area contributed by atoms with Crippen LogP contribution in [0.25, 0.3) is 0 Å². The summed E-state index contributed by atoms with van der Waals surface area (Å²) in [5.41, 5.74) is 0.0327. The summed E-state index contributed by atoms with van der Waals surface area (Å²) < 4.78 is 5.39. The molecule has 2 heteroatoms. The molecule has 0 saturated heterocycles. The molecule has 2 nitrogen and oxygen atoms in total. The Labute approximate surface area is 95.3 Å². The van der Waals surface area contributed by atoms with Gasteiger partial charge in [-0.3, -0.25) is 0 Å². The molecule has 90 valence electrons. The van der Waals surface area contributed by atoms with Crippen LogP contribution < -0.4 is 0 Å². The smallest absolute Gasteiger partial charge is 0.0622 e. The summed E-state index contributed by atoms with van der Waals surface area (Å²) in [5, 5.41) is 0. The Morgan fingerprint density at radius 3 is 2.40 bits per heavy atom. The number of nitrogens with zero attached hydrogens (tertiary/aromatic N) is 1. The molecule has 0 aliphatic carbocycles. The van der Waals surface area contributed by atoms with E-state index in [2.05, 4.69) is 52.0 Å². The number of ether oxygens (including phenoxy) is 1. The predicted molar refractivity (Wildman–Crippen MR) is 66.9 cm³/mol. The lowest BCUT2D eigenvalue weighted by molar-refractivity contribution is 0.0130. The van der Waals surface area contributed by atoms with Gasteiger partial charge >= 0.3 is 0 Å². The number of rotatable bonds is 7. The van der Waals surface area contributed by atoms with Gasteiger partial charge < -0.3 is 9.64 Å². The van der Waals surface area contributed by atoms with Crippen molar-refractivity contribution >= 4 is 0 Å². The Kier molecular flexibility index (Phi) is 6.66. The first-order valence-electron chi connectivity index (χ1n) is 5.77. The average molecular weight is 213 g/mol. The molecule has 0 radical (unpaired) electrons. The Morgan fingerprint density at radius 2 is 1.93 bits per heavy atom. The van der Waals surface area contributed by atoms with Gasteiger partial charge in [0.1, 0.15) is 0 Å². The zero-order valence-corrected chi connectivity index (χ0v) is 11.2. The molecule has 0 saturated carbocycles. The van der Waals surface area contributed by atoms with E-state index in [0.717, 1.165) is 6.42 Å². The number of hydrogen-bond donors (Lipinski definition) is 0. The second-order valence-electron chi connectivity index (χ2n) is 5.14. The summed E-state index contributed by atoms with van der Waals surface area (Å²) in [6.07, 6.45) is 7.98. The molecule has 1 atom stereocenters. The van der Waals surface area contributed by atoms with Crippen LogP contribution in [-0.4, -0.2) is 31.7 Å². The Hall–Kier alpha value is -0.500. The van der Waals surface area contributed by atoms with Crippen molar-refractivity contribution in [1.82, 2.24) is 4.90 Å². The third-order valence-corrected chi connectivity index (χ3v) is 2.70.